The molecule has 7 heteroatoms. The van der Waals surface area contributed by atoms with E-state index in [0.717, 1.165) is 5.56 Å². The predicted octanol–water partition coefficient (Wildman–Crippen LogP) is 4.68. The van der Waals surface area contributed by atoms with Crippen molar-refractivity contribution in [3.8, 4) is 5.75 Å². The molecule has 1 atom stereocenters. The van der Waals surface area contributed by atoms with Gasteiger partial charge in [-0.1, -0.05) is 53.5 Å². The molecule has 3 aromatic rings. The van der Waals surface area contributed by atoms with Crippen LogP contribution in [0.5, 0.6) is 5.75 Å². The first-order valence-electron chi connectivity index (χ1n) is 8.82. The minimum atomic E-state index is -0.876. The highest BCUT2D eigenvalue weighted by molar-refractivity contribution is 6.31. The molecule has 0 spiro atoms. The van der Waals surface area contributed by atoms with Crippen molar-refractivity contribution in [2.24, 2.45) is 0 Å². The van der Waals surface area contributed by atoms with Crippen molar-refractivity contribution in [3.63, 3.8) is 0 Å². The zero-order valence-electron chi connectivity index (χ0n) is 15.2. The fourth-order valence-electron chi connectivity index (χ4n) is 2.75. The molecule has 3 rings (SSSR count). The Kier molecular flexibility index (Phi) is 6.75. The lowest BCUT2D eigenvalue weighted by molar-refractivity contribution is -0.118. The number of halogens is 2. The van der Waals surface area contributed by atoms with Gasteiger partial charge in [0.1, 0.15) is 11.8 Å². The van der Waals surface area contributed by atoms with Crippen LogP contribution in [0.2, 0.25) is 10.0 Å². The van der Waals surface area contributed by atoms with Gasteiger partial charge < -0.3 is 15.7 Å². The summed E-state index contributed by atoms with van der Waals surface area (Å²) in [5.41, 5.74) is 1.42. The van der Waals surface area contributed by atoms with Crippen molar-refractivity contribution in [3.05, 3.63) is 94.0 Å². The number of carbonyl (C=O) groups excluding carboxylic acids is 2. The van der Waals surface area contributed by atoms with Crippen molar-refractivity contribution in [1.29, 1.82) is 0 Å². The number of anilines is 1. The van der Waals surface area contributed by atoms with Gasteiger partial charge in [-0.25, -0.2) is 0 Å². The Labute approximate surface area is 178 Å². The maximum atomic E-state index is 12.9. The van der Waals surface area contributed by atoms with Gasteiger partial charge in [0.15, 0.2) is 0 Å². The van der Waals surface area contributed by atoms with E-state index in [4.69, 9.17) is 23.2 Å². The van der Waals surface area contributed by atoms with E-state index in [0.29, 0.717) is 15.7 Å². The van der Waals surface area contributed by atoms with Gasteiger partial charge in [0.25, 0.3) is 5.91 Å². The minimum Gasteiger partial charge on any atom is -0.507 e. The molecular formula is C22H18Cl2N2O3. The molecule has 0 aliphatic carbocycles. The van der Waals surface area contributed by atoms with Gasteiger partial charge in [0.2, 0.25) is 5.91 Å². The van der Waals surface area contributed by atoms with Crippen LogP contribution in [0.4, 0.5) is 5.69 Å². The van der Waals surface area contributed by atoms with Gasteiger partial charge in [-0.05, 0) is 48.0 Å². The number of nitrogens with one attached hydrogen (secondary N) is 2. The van der Waals surface area contributed by atoms with E-state index in [1.54, 1.807) is 24.3 Å². The van der Waals surface area contributed by atoms with Gasteiger partial charge in [-0.15, -0.1) is 0 Å². The van der Waals surface area contributed by atoms with Crippen molar-refractivity contribution in [2.75, 3.05) is 5.32 Å². The van der Waals surface area contributed by atoms with Crippen molar-refractivity contribution in [2.45, 2.75) is 12.5 Å². The molecule has 0 fully saturated rings. The largest absolute Gasteiger partial charge is 0.507 e. The number of amides is 2. The van der Waals surface area contributed by atoms with Crippen molar-refractivity contribution < 1.29 is 14.7 Å². The Balaban J connectivity index is 1.81. The summed E-state index contributed by atoms with van der Waals surface area (Å²) in [5, 5.41) is 16.3. The molecule has 3 aromatic carbocycles. The average molecular weight is 429 g/mol. The third kappa shape index (κ3) is 5.73. The number of hydrogen-bond donors (Lipinski definition) is 3. The van der Waals surface area contributed by atoms with Gasteiger partial charge >= 0.3 is 0 Å². The maximum absolute atomic E-state index is 12.9. The summed E-state index contributed by atoms with van der Waals surface area (Å²) in [6, 6.07) is 19.3. The molecule has 29 heavy (non-hydrogen) atoms. The summed E-state index contributed by atoms with van der Waals surface area (Å²) in [6.07, 6.45) is 0.271. The SMILES string of the molecule is O=C(N[C@@H](Cc1ccccc1)C(=O)Nc1ccc(Cl)cc1)c1cc(Cl)ccc1O. The van der Waals surface area contributed by atoms with Crippen LogP contribution < -0.4 is 10.6 Å². The Morgan fingerprint density at radius 2 is 1.55 bits per heavy atom. The Morgan fingerprint density at radius 1 is 0.897 bits per heavy atom. The number of carbonyl (C=O) groups is 2. The highest BCUT2D eigenvalue weighted by atomic mass is 35.5. The Bertz CT molecular complexity index is 1010. The number of phenols is 1. The molecule has 148 valence electrons. The second kappa shape index (κ2) is 9.45. The van der Waals surface area contributed by atoms with Crippen LogP contribution in [0.25, 0.3) is 0 Å². The van der Waals surface area contributed by atoms with Crippen LogP contribution in [0.1, 0.15) is 15.9 Å². The van der Waals surface area contributed by atoms with E-state index in [1.165, 1.54) is 18.2 Å². The third-order valence-electron chi connectivity index (χ3n) is 4.22. The molecule has 0 aliphatic rings. The summed E-state index contributed by atoms with van der Waals surface area (Å²) in [7, 11) is 0. The van der Waals surface area contributed by atoms with E-state index in [-0.39, 0.29) is 17.7 Å². The highest BCUT2D eigenvalue weighted by Crippen LogP contribution is 2.22. The average Bonchev–Trinajstić information content (AvgIpc) is 2.71. The number of benzene rings is 3. The molecule has 0 aromatic heterocycles. The zero-order valence-corrected chi connectivity index (χ0v) is 16.7. The molecule has 2 amide bonds. The van der Waals surface area contributed by atoms with E-state index in [9.17, 15) is 14.7 Å². The summed E-state index contributed by atoms with van der Waals surface area (Å²) < 4.78 is 0. The lowest BCUT2D eigenvalue weighted by Gasteiger charge is -2.19. The summed E-state index contributed by atoms with van der Waals surface area (Å²) in [5.74, 6) is -1.22. The molecule has 0 radical (unpaired) electrons. The number of phenolic OH excluding ortho intramolecular Hbond substituents is 1. The molecule has 0 bridgehead atoms. The molecule has 0 heterocycles. The van der Waals surface area contributed by atoms with Crippen molar-refractivity contribution in [1.82, 2.24) is 5.32 Å². The molecule has 5 nitrogen and oxygen atoms in total. The first kappa shape index (κ1) is 20.7. The normalized spacial score (nSPS) is 11.5. The standard InChI is InChI=1S/C22H18Cl2N2O3/c23-15-6-9-17(10-7-15)25-22(29)19(12-14-4-2-1-3-5-14)26-21(28)18-13-16(24)8-11-20(18)27/h1-11,13,19,27H,12H2,(H,25,29)(H,26,28)/t19-/m0/s1. The fraction of sp³-hybridized carbons (Fsp3) is 0.0909. The highest BCUT2D eigenvalue weighted by Gasteiger charge is 2.23. The smallest absolute Gasteiger partial charge is 0.255 e. The molecule has 0 saturated carbocycles. The number of hydrogen-bond acceptors (Lipinski definition) is 3. The molecule has 0 unspecified atom stereocenters. The predicted molar refractivity (Wildman–Crippen MR) is 115 cm³/mol. The Morgan fingerprint density at radius 3 is 2.24 bits per heavy atom. The summed E-state index contributed by atoms with van der Waals surface area (Å²) in [4.78, 5) is 25.6. The maximum Gasteiger partial charge on any atom is 0.255 e. The van der Waals surface area contributed by atoms with Crippen LogP contribution >= 0.6 is 23.2 Å². The first-order valence-corrected chi connectivity index (χ1v) is 9.57. The zero-order chi connectivity index (χ0) is 20.8. The third-order valence-corrected chi connectivity index (χ3v) is 4.71. The van der Waals surface area contributed by atoms with Crippen LogP contribution in [-0.4, -0.2) is 23.0 Å². The Hall–Kier alpha value is -3.02. The summed E-state index contributed by atoms with van der Waals surface area (Å²) in [6.45, 7) is 0. The van der Waals surface area contributed by atoms with Crippen LogP contribution in [-0.2, 0) is 11.2 Å². The quantitative estimate of drug-likeness (QED) is 0.533. The second-order valence-corrected chi connectivity index (χ2v) is 7.25. The van der Waals surface area contributed by atoms with Gasteiger partial charge in [-0.2, -0.15) is 0 Å². The lowest BCUT2D eigenvalue weighted by Crippen LogP contribution is -2.45. The molecule has 3 N–H and O–H groups in total. The minimum absolute atomic E-state index is 0.00476. The van der Waals surface area contributed by atoms with Crippen molar-refractivity contribution >= 4 is 40.7 Å². The topological polar surface area (TPSA) is 78.4 Å². The van der Waals surface area contributed by atoms with Crippen LogP contribution in [0.15, 0.2) is 72.8 Å². The fourth-order valence-corrected chi connectivity index (χ4v) is 3.05. The molecule has 0 aliphatic heterocycles. The molecule has 0 saturated heterocycles. The lowest BCUT2D eigenvalue weighted by atomic mass is 10.0. The van der Waals surface area contributed by atoms with Gasteiger partial charge in [0, 0.05) is 22.2 Å². The van der Waals surface area contributed by atoms with E-state index in [2.05, 4.69) is 10.6 Å². The molecular weight excluding hydrogens is 411 g/mol. The van der Waals surface area contributed by atoms with Crippen LogP contribution in [0, 0.1) is 0 Å². The number of rotatable bonds is 6. The van der Waals surface area contributed by atoms with E-state index in [1.807, 2.05) is 30.3 Å². The van der Waals surface area contributed by atoms with Crippen LogP contribution in [0.3, 0.4) is 0 Å². The van der Waals surface area contributed by atoms with Gasteiger partial charge in [0.05, 0.1) is 5.56 Å². The van der Waals surface area contributed by atoms with E-state index < -0.39 is 17.9 Å². The monoisotopic (exact) mass is 428 g/mol. The van der Waals surface area contributed by atoms with Gasteiger partial charge in [-0.3, -0.25) is 9.59 Å². The summed E-state index contributed by atoms with van der Waals surface area (Å²) >= 11 is 11.8. The number of aromatic hydroxyl groups is 1. The second-order valence-electron chi connectivity index (χ2n) is 6.37. The first-order chi connectivity index (χ1) is 13.9. The van der Waals surface area contributed by atoms with E-state index >= 15 is 0 Å².